The Morgan fingerprint density at radius 1 is 0.963 bits per heavy atom. The molecule has 1 aromatic heterocycles. The maximum absolute atomic E-state index is 13.0. The summed E-state index contributed by atoms with van der Waals surface area (Å²) in [7, 11) is 1.64. The van der Waals surface area contributed by atoms with Crippen LogP contribution in [0.2, 0.25) is 0 Å². The van der Waals surface area contributed by atoms with Crippen LogP contribution in [0.15, 0.2) is 82.0 Å². The Balaban J connectivity index is 1.87. The van der Waals surface area contributed by atoms with Crippen LogP contribution in [-0.2, 0) is 0 Å². The van der Waals surface area contributed by atoms with Gasteiger partial charge in [-0.1, -0.05) is 42.5 Å². The largest absolute Gasteiger partial charge is 0.497 e. The van der Waals surface area contributed by atoms with Gasteiger partial charge in [0.15, 0.2) is 0 Å². The molecule has 132 valence electrons. The number of nitrogens with one attached hydrogen (secondary N) is 1. The van der Waals surface area contributed by atoms with Gasteiger partial charge in [-0.2, -0.15) is 0 Å². The standard InChI is InChI=1S/C23H17NO3/c1-26-15-11-12-18-17(13-15)20(14-7-3-2-4-8-14)21-22(24-18)16-9-5-6-10-19(16)27-23(21)25/h2-13,20,24H,1H3. The van der Waals surface area contributed by atoms with Crippen LogP contribution in [0.4, 0.5) is 11.4 Å². The lowest BCUT2D eigenvalue weighted by Crippen LogP contribution is -2.22. The Kier molecular flexibility index (Phi) is 3.50. The molecule has 1 unspecified atom stereocenters. The molecule has 0 bridgehead atoms. The molecule has 0 saturated carbocycles. The van der Waals surface area contributed by atoms with Crippen molar-refractivity contribution in [1.29, 1.82) is 0 Å². The van der Waals surface area contributed by atoms with E-state index in [1.165, 1.54) is 0 Å². The van der Waals surface area contributed by atoms with Crippen molar-refractivity contribution in [2.75, 3.05) is 12.4 Å². The highest BCUT2D eigenvalue weighted by atomic mass is 16.5. The maximum Gasteiger partial charge on any atom is 0.342 e. The highest BCUT2D eigenvalue weighted by molar-refractivity contribution is 5.96. The molecule has 1 N–H and O–H groups in total. The number of ether oxygens (including phenoxy) is 1. The molecule has 0 amide bonds. The summed E-state index contributed by atoms with van der Waals surface area (Å²) in [5, 5.41) is 4.36. The predicted octanol–water partition coefficient (Wildman–Crippen LogP) is 5.04. The van der Waals surface area contributed by atoms with Crippen LogP contribution < -0.4 is 15.7 Å². The number of hydrogen-bond donors (Lipinski definition) is 1. The van der Waals surface area contributed by atoms with Gasteiger partial charge >= 0.3 is 5.63 Å². The van der Waals surface area contributed by atoms with E-state index in [0.29, 0.717) is 11.1 Å². The highest BCUT2D eigenvalue weighted by Crippen LogP contribution is 2.46. The molecule has 0 aliphatic carbocycles. The number of fused-ring (bicyclic) bond motifs is 4. The molecule has 4 nitrogen and oxygen atoms in total. The topological polar surface area (TPSA) is 51.5 Å². The third kappa shape index (κ3) is 2.41. The zero-order chi connectivity index (χ0) is 18.4. The third-order valence-electron chi connectivity index (χ3n) is 5.10. The van der Waals surface area contributed by atoms with E-state index in [-0.39, 0.29) is 11.5 Å². The van der Waals surface area contributed by atoms with Crippen LogP contribution in [0.25, 0.3) is 11.0 Å². The first-order chi connectivity index (χ1) is 13.3. The number of anilines is 2. The monoisotopic (exact) mass is 355 g/mol. The molecule has 1 aliphatic heterocycles. The second-order valence-corrected chi connectivity index (χ2v) is 6.60. The fourth-order valence-corrected chi connectivity index (χ4v) is 3.86. The number of para-hydroxylation sites is 1. The summed E-state index contributed by atoms with van der Waals surface area (Å²) in [4.78, 5) is 13.0. The molecule has 1 atom stereocenters. The number of hydrogen-bond acceptors (Lipinski definition) is 4. The second-order valence-electron chi connectivity index (χ2n) is 6.60. The molecule has 4 aromatic rings. The Morgan fingerprint density at radius 2 is 1.74 bits per heavy atom. The minimum atomic E-state index is -0.321. The van der Waals surface area contributed by atoms with Crippen LogP contribution in [0.3, 0.4) is 0 Å². The number of benzene rings is 3. The van der Waals surface area contributed by atoms with Gasteiger partial charge in [-0.05, 0) is 41.5 Å². The number of methoxy groups -OCH3 is 1. The zero-order valence-corrected chi connectivity index (χ0v) is 14.7. The van der Waals surface area contributed by atoms with Crippen molar-refractivity contribution in [3.63, 3.8) is 0 Å². The zero-order valence-electron chi connectivity index (χ0n) is 14.7. The van der Waals surface area contributed by atoms with Crippen molar-refractivity contribution in [2.24, 2.45) is 0 Å². The van der Waals surface area contributed by atoms with Crippen LogP contribution in [0.1, 0.15) is 22.6 Å². The summed E-state index contributed by atoms with van der Waals surface area (Å²) in [6.07, 6.45) is 0. The van der Waals surface area contributed by atoms with Gasteiger partial charge in [0.05, 0.1) is 18.4 Å². The summed E-state index contributed by atoms with van der Waals surface area (Å²) < 4.78 is 11.1. The lowest BCUT2D eigenvalue weighted by atomic mass is 9.81. The SMILES string of the molecule is COc1ccc2c(c1)C(c1ccccc1)c1c(c3ccccc3oc1=O)N2. The van der Waals surface area contributed by atoms with Crippen molar-refractivity contribution in [3.05, 3.63) is 99.9 Å². The van der Waals surface area contributed by atoms with E-state index >= 15 is 0 Å². The first-order valence-electron chi connectivity index (χ1n) is 8.82. The molecule has 0 saturated heterocycles. The van der Waals surface area contributed by atoms with Gasteiger partial charge in [-0.15, -0.1) is 0 Å². The van der Waals surface area contributed by atoms with Gasteiger partial charge in [0.2, 0.25) is 0 Å². The van der Waals surface area contributed by atoms with E-state index < -0.39 is 0 Å². The van der Waals surface area contributed by atoms with Gasteiger partial charge in [0.1, 0.15) is 11.3 Å². The van der Waals surface area contributed by atoms with Crippen molar-refractivity contribution in [3.8, 4) is 5.75 Å². The van der Waals surface area contributed by atoms with E-state index in [9.17, 15) is 4.79 Å². The summed E-state index contributed by atoms with van der Waals surface area (Å²) in [6.45, 7) is 0. The molecule has 4 heteroatoms. The van der Waals surface area contributed by atoms with Crippen molar-refractivity contribution in [2.45, 2.75) is 5.92 Å². The molecular formula is C23H17NO3. The molecule has 2 heterocycles. The quantitative estimate of drug-likeness (QED) is 0.451. The van der Waals surface area contributed by atoms with Gasteiger partial charge in [-0.3, -0.25) is 0 Å². The summed E-state index contributed by atoms with van der Waals surface area (Å²) in [5.41, 5.74) is 4.70. The van der Waals surface area contributed by atoms with Gasteiger partial charge in [0.25, 0.3) is 0 Å². The molecular weight excluding hydrogens is 338 g/mol. The Labute approximate surface area is 156 Å². The maximum atomic E-state index is 13.0. The van der Waals surface area contributed by atoms with E-state index in [0.717, 1.165) is 33.6 Å². The Morgan fingerprint density at radius 3 is 2.56 bits per heavy atom. The van der Waals surface area contributed by atoms with Crippen molar-refractivity contribution in [1.82, 2.24) is 0 Å². The molecule has 27 heavy (non-hydrogen) atoms. The molecule has 0 fully saturated rings. The third-order valence-corrected chi connectivity index (χ3v) is 5.10. The van der Waals surface area contributed by atoms with Crippen LogP contribution in [0, 0.1) is 0 Å². The summed E-state index contributed by atoms with van der Waals surface area (Å²) >= 11 is 0. The minimum Gasteiger partial charge on any atom is -0.497 e. The highest BCUT2D eigenvalue weighted by Gasteiger charge is 2.32. The lowest BCUT2D eigenvalue weighted by Gasteiger charge is -2.29. The molecule has 0 spiro atoms. The van der Waals surface area contributed by atoms with Crippen molar-refractivity contribution < 1.29 is 9.15 Å². The first-order valence-corrected chi connectivity index (χ1v) is 8.82. The van der Waals surface area contributed by atoms with Crippen LogP contribution in [-0.4, -0.2) is 7.11 Å². The van der Waals surface area contributed by atoms with Gasteiger partial charge < -0.3 is 14.5 Å². The Bertz CT molecular complexity index is 1210. The lowest BCUT2D eigenvalue weighted by molar-refractivity contribution is 0.414. The van der Waals surface area contributed by atoms with Gasteiger partial charge in [0, 0.05) is 17.0 Å². The average molecular weight is 355 g/mol. The minimum absolute atomic E-state index is 0.228. The number of rotatable bonds is 2. The van der Waals surface area contributed by atoms with E-state index in [1.54, 1.807) is 7.11 Å². The van der Waals surface area contributed by atoms with E-state index in [1.807, 2.05) is 72.8 Å². The molecule has 3 aromatic carbocycles. The van der Waals surface area contributed by atoms with E-state index in [2.05, 4.69) is 5.32 Å². The van der Waals surface area contributed by atoms with Crippen LogP contribution >= 0.6 is 0 Å². The average Bonchev–Trinajstić information content (AvgIpc) is 2.72. The fourth-order valence-electron chi connectivity index (χ4n) is 3.86. The van der Waals surface area contributed by atoms with Gasteiger partial charge in [-0.25, -0.2) is 4.79 Å². The molecule has 1 aliphatic rings. The normalized spacial score (nSPS) is 14.9. The molecule has 5 rings (SSSR count). The summed E-state index contributed by atoms with van der Waals surface area (Å²) in [6, 6.07) is 23.5. The molecule has 0 radical (unpaired) electrons. The fraction of sp³-hybridized carbons (Fsp3) is 0.0870. The second kappa shape index (κ2) is 6.02. The summed E-state index contributed by atoms with van der Waals surface area (Å²) in [5.74, 6) is 0.526. The first kappa shape index (κ1) is 15.7. The predicted molar refractivity (Wildman–Crippen MR) is 106 cm³/mol. The van der Waals surface area contributed by atoms with Crippen molar-refractivity contribution >= 4 is 22.3 Å². The van der Waals surface area contributed by atoms with Crippen LogP contribution in [0.5, 0.6) is 5.75 Å². The Hall–Kier alpha value is -3.53. The van der Waals surface area contributed by atoms with E-state index in [4.69, 9.17) is 9.15 Å². The smallest absolute Gasteiger partial charge is 0.342 e.